The van der Waals surface area contributed by atoms with Crippen molar-refractivity contribution in [2.75, 3.05) is 23.1 Å². The van der Waals surface area contributed by atoms with Crippen molar-refractivity contribution in [3.8, 4) is 0 Å². The zero-order valence-corrected chi connectivity index (χ0v) is 10.9. The number of pyridine rings is 1. The van der Waals surface area contributed by atoms with Crippen molar-refractivity contribution in [2.24, 2.45) is 0 Å². The summed E-state index contributed by atoms with van der Waals surface area (Å²) in [6.45, 7) is 2.17. The van der Waals surface area contributed by atoms with Crippen molar-refractivity contribution < 1.29 is 0 Å². The molecule has 0 aliphatic heterocycles. The Morgan fingerprint density at radius 3 is 3.00 bits per heavy atom. The average Bonchev–Trinajstić information content (AvgIpc) is 2.34. The maximum absolute atomic E-state index is 5.94. The Bertz CT molecular complexity index is 513. The molecule has 1 heterocycles. The molecule has 1 unspecified atom stereocenters. The molecule has 2 rings (SSSR count). The molecule has 0 saturated carbocycles. The quantitative estimate of drug-likeness (QED) is 0.816. The zero-order valence-electron chi connectivity index (χ0n) is 10.1. The van der Waals surface area contributed by atoms with Gasteiger partial charge in [0.1, 0.15) is 0 Å². The Morgan fingerprint density at radius 1 is 1.41 bits per heavy atom. The molecule has 0 saturated heterocycles. The van der Waals surface area contributed by atoms with Crippen molar-refractivity contribution in [2.45, 2.75) is 13.0 Å². The number of nitrogen functional groups attached to an aromatic ring is 1. The van der Waals surface area contributed by atoms with Crippen LogP contribution in [0.25, 0.3) is 10.9 Å². The van der Waals surface area contributed by atoms with E-state index in [-0.39, 0.29) is 0 Å². The van der Waals surface area contributed by atoms with Gasteiger partial charge in [0.05, 0.1) is 11.2 Å². The van der Waals surface area contributed by atoms with E-state index in [1.807, 2.05) is 36.0 Å². The van der Waals surface area contributed by atoms with Crippen LogP contribution >= 0.6 is 11.8 Å². The summed E-state index contributed by atoms with van der Waals surface area (Å²) >= 11 is 1.83. The van der Waals surface area contributed by atoms with Crippen LogP contribution in [0, 0.1) is 0 Å². The fourth-order valence-corrected chi connectivity index (χ4v) is 2.45. The van der Waals surface area contributed by atoms with E-state index in [0.717, 1.165) is 28.0 Å². The van der Waals surface area contributed by atoms with Crippen molar-refractivity contribution in [1.29, 1.82) is 0 Å². The number of hydrogen-bond donors (Lipinski definition) is 2. The van der Waals surface area contributed by atoms with Crippen LogP contribution in [0.1, 0.15) is 6.92 Å². The lowest BCUT2D eigenvalue weighted by molar-refractivity contribution is 0.916. The van der Waals surface area contributed by atoms with E-state index >= 15 is 0 Å². The molecule has 0 spiro atoms. The third kappa shape index (κ3) is 2.64. The van der Waals surface area contributed by atoms with Crippen LogP contribution in [0.4, 0.5) is 11.4 Å². The number of hydrogen-bond acceptors (Lipinski definition) is 4. The van der Waals surface area contributed by atoms with Crippen molar-refractivity contribution in [3.63, 3.8) is 0 Å². The fourth-order valence-electron chi connectivity index (χ4n) is 1.87. The van der Waals surface area contributed by atoms with E-state index in [0.29, 0.717) is 6.04 Å². The highest BCUT2D eigenvalue weighted by Crippen LogP contribution is 2.26. The minimum Gasteiger partial charge on any atom is -0.398 e. The molecule has 0 fully saturated rings. The molecule has 17 heavy (non-hydrogen) atoms. The minimum atomic E-state index is 0.416. The summed E-state index contributed by atoms with van der Waals surface area (Å²) in [6, 6.07) is 8.26. The molecule has 90 valence electrons. The van der Waals surface area contributed by atoms with Gasteiger partial charge in [0.2, 0.25) is 0 Å². The largest absolute Gasteiger partial charge is 0.398 e. The monoisotopic (exact) mass is 247 g/mol. The summed E-state index contributed by atoms with van der Waals surface area (Å²) in [5, 5.41) is 4.48. The minimum absolute atomic E-state index is 0.416. The maximum atomic E-state index is 5.94. The number of nitrogens with one attached hydrogen (secondary N) is 1. The average molecular weight is 247 g/mol. The standard InChI is InChI=1S/C13H17N3S/c1-9(8-17-2)16-12-6-5-11(14)10-4-3-7-15-13(10)12/h3-7,9,16H,8,14H2,1-2H3. The highest BCUT2D eigenvalue weighted by molar-refractivity contribution is 7.98. The van der Waals surface area contributed by atoms with Crippen LogP contribution in [-0.4, -0.2) is 23.0 Å². The van der Waals surface area contributed by atoms with Crippen LogP contribution in [0.15, 0.2) is 30.5 Å². The molecule has 0 aliphatic carbocycles. The smallest absolute Gasteiger partial charge is 0.0953 e. The molecule has 1 atom stereocenters. The predicted octanol–water partition coefficient (Wildman–Crippen LogP) is 2.98. The molecule has 0 bridgehead atoms. The molecule has 0 radical (unpaired) electrons. The number of nitrogens with zero attached hydrogens (tertiary/aromatic N) is 1. The highest BCUT2D eigenvalue weighted by Gasteiger charge is 2.07. The van der Waals surface area contributed by atoms with Crippen molar-refractivity contribution in [1.82, 2.24) is 4.98 Å². The number of anilines is 2. The zero-order chi connectivity index (χ0) is 12.3. The molecule has 3 nitrogen and oxygen atoms in total. The van der Waals surface area contributed by atoms with E-state index in [4.69, 9.17) is 5.73 Å². The third-order valence-corrected chi connectivity index (χ3v) is 3.46. The molecule has 0 amide bonds. The van der Waals surface area contributed by atoms with Gasteiger partial charge in [-0.3, -0.25) is 4.98 Å². The normalized spacial score (nSPS) is 12.6. The molecule has 3 N–H and O–H groups in total. The highest BCUT2D eigenvalue weighted by atomic mass is 32.2. The Labute approximate surface area is 106 Å². The van der Waals surface area contributed by atoms with Crippen molar-refractivity contribution in [3.05, 3.63) is 30.5 Å². The lowest BCUT2D eigenvalue weighted by Gasteiger charge is -2.16. The van der Waals surface area contributed by atoms with E-state index in [1.54, 1.807) is 6.20 Å². The van der Waals surface area contributed by atoms with Crippen LogP contribution < -0.4 is 11.1 Å². The van der Waals surface area contributed by atoms with E-state index < -0.39 is 0 Å². The number of aromatic nitrogens is 1. The second-order valence-electron chi connectivity index (χ2n) is 4.10. The molecule has 2 aromatic rings. The number of benzene rings is 1. The van der Waals surface area contributed by atoms with Gasteiger partial charge in [-0.05, 0) is 37.4 Å². The van der Waals surface area contributed by atoms with Gasteiger partial charge in [0, 0.05) is 29.1 Å². The Hall–Kier alpha value is -1.42. The molecular weight excluding hydrogens is 230 g/mol. The Balaban J connectivity index is 2.38. The van der Waals surface area contributed by atoms with E-state index in [9.17, 15) is 0 Å². The molecule has 1 aromatic carbocycles. The second-order valence-corrected chi connectivity index (χ2v) is 5.01. The third-order valence-electron chi connectivity index (χ3n) is 2.62. The number of rotatable bonds is 4. The molecule has 1 aromatic heterocycles. The summed E-state index contributed by atoms with van der Waals surface area (Å²) in [6.07, 6.45) is 3.91. The van der Waals surface area contributed by atoms with Crippen LogP contribution in [0.5, 0.6) is 0 Å². The lowest BCUT2D eigenvalue weighted by Crippen LogP contribution is -2.18. The summed E-state index contributed by atoms with van der Waals surface area (Å²) in [4.78, 5) is 4.41. The van der Waals surface area contributed by atoms with Crippen molar-refractivity contribution >= 4 is 34.0 Å². The fraction of sp³-hybridized carbons (Fsp3) is 0.308. The summed E-state index contributed by atoms with van der Waals surface area (Å²) < 4.78 is 0. The maximum Gasteiger partial charge on any atom is 0.0953 e. The van der Waals surface area contributed by atoms with Gasteiger partial charge in [-0.25, -0.2) is 0 Å². The first-order valence-electron chi connectivity index (χ1n) is 5.61. The predicted molar refractivity (Wildman–Crippen MR) is 77.6 cm³/mol. The van der Waals surface area contributed by atoms with Gasteiger partial charge < -0.3 is 11.1 Å². The van der Waals surface area contributed by atoms with E-state index in [1.165, 1.54) is 0 Å². The Morgan fingerprint density at radius 2 is 2.24 bits per heavy atom. The lowest BCUT2D eigenvalue weighted by atomic mass is 10.1. The Kier molecular flexibility index (Phi) is 3.74. The summed E-state index contributed by atoms with van der Waals surface area (Å²) in [5.41, 5.74) is 8.71. The van der Waals surface area contributed by atoms with E-state index in [2.05, 4.69) is 23.5 Å². The van der Waals surface area contributed by atoms with Gasteiger partial charge in [-0.1, -0.05) is 0 Å². The number of nitrogens with two attached hydrogens (primary N) is 1. The number of thioether (sulfide) groups is 1. The first-order chi connectivity index (χ1) is 8.22. The van der Waals surface area contributed by atoms with Gasteiger partial charge in [-0.2, -0.15) is 11.8 Å². The van der Waals surface area contributed by atoms with Gasteiger partial charge in [-0.15, -0.1) is 0 Å². The van der Waals surface area contributed by atoms with Crippen LogP contribution in [-0.2, 0) is 0 Å². The van der Waals surface area contributed by atoms with Gasteiger partial charge in [0.25, 0.3) is 0 Å². The molecule has 4 heteroatoms. The topological polar surface area (TPSA) is 50.9 Å². The summed E-state index contributed by atoms with van der Waals surface area (Å²) in [7, 11) is 0. The first kappa shape index (κ1) is 12.0. The van der Waals surface area contributed by atoms with Crippen LogP contribution in [0.3, 0.4) is 0 Å². The second kappa shape index (κ2) is 5.27. The van der Waals surface area contributed by atoms with Gasteiger partial charge in [0.15, 0.2) is 0 Å². The SMILES string of the molecule is CSCC(C)Nc1ccc(N)c2cccnc12. The van der Waals surface area contributed by atoms with Gasteiger partial charge >= 0.3 is 0 Å². The summed E-state index contributed by atoms with van der Waals surface area (Å²) in [5.74, 6) is 1.07. The number of fused-ring (bicyclic) bond motifs is 1. The molecule has 0 aliphatic rings. The molecular formula is C13H17N3S. The first-order valence-corrected chi connectivity index (χ1v) is 7.00. The van der Waals surface area contributed by atoms with Crippen LogP contribution in [0.2, 0.25) is 0 Å².